The molecule has 2 aliphatic heterocycles. The van der Waals surface area contributed by atoms with E-state index in [1.165, 1.54) is 6.42 Å². The number of hydrogen-bond acceptors (Lipinski definition) is 3. The van der Waals surface area contributed by atoms with E-state index in [9.17, 15) is 4.79 Å². The van der Waals surface area contributed by atoms with E-state index in [-0.39, 0.29) is 12.0 Å². The van der Waals surface area contributed by atoms with Gasteiger partial charge in [0.2, 0.25) is 5.91 Å². The molecular formula is C18H30N2O2. The molecule has 0 aromatic rings. The first-order chi connectivity index (χ1) is 10.7. The van der Waals surface area contributed by atoms with Crippen LogP contribution in [0.25, 0.3) is 0 Å². The summed E-state index contributed by atoms with van der Waals surface area (Å²) in [6.45, 7) is 7.21. The molecule has 0 aliphatic carbocycles. The number of nitrogens with zero attached hydrogens (tertiary/aromatic N) is 2. The number of rotatable bonds is 6. The van der Waals surface area contributed by atoms with Gasteiger partial charge in [-0.3, -0.25) is 9.69 Å². The van der Waals surface area contributed by atoms with E-state index in [4.69, 9.17) is 11.2 Å². The van der Waals surface area contributed by atoms with Crippen LogP contribution in [-0.4, -0.2) is 61.1 Å². The van der Waals surface area contributed by atoms with Gasteiger partial charge in [-0.25, -0.2) is 0 Å². The van der Waals surface area contributed by atoms with Crippen molar-refractivity contribution in [2.24, 2.45) is 5.92 Å². The highest BCUT2D eigenvalue weighted by Crippen LogP contribution is 2.21. The van der Waals surface area contributed by atoms with Crippen molar-refractivity contribution in [3.05, 3.63) is 0 Å². The maximum Gasteiger partial charge on any atom is 0.225 e. The van der Waals surface area contributed by atoms with Crippen LogP contribution in [0.1, 0.15) is 45.4 Å². The molecular weight excluding hydrogens is 276 g/mol. The molecule has 0 radical (unpaired) electrons. The number of ether oxygens (including phenoxy) is 1. The summed E-state index contributed by atoms with van der Waals surface area (Å²) in [5, 5.41) is 0. The van der Waals surface area contributed by atoms with Crippen LogP contribution in [0.3, 0.4) is 0 Å². The Kier molecular flexibility index (Phi) is 7.21. The second-order valence-corrected chi connectivity index (χ2v) is 6.53. The summed E-state index contributed by atoms with van der Waals surface area (Å²) in [4.78, 5) is 17.2. The van der Waals surface area contributed by atoms with Crippen molar-refractivity contribution in [3.63, 3.8) is 0 Å². The fourth-order valence-corrected chi connectivity index (χ4v) is 3.48. The Bertz CT molecular complexity index is 377. The largest absolute Gasteiger partial charge is 0.376 e. The molecule has 0 aromatic heterocycles. The number of amides is 1. The summed E-state index contributed by atoms with van der Waals surface area (Å²) in [6, 6.07) is 0. The van der Waals surface area contributed by atoms with Crippen molar-refractivity contribution in [2.75, 3.05) is 39.3 Å². The van der Waals surface area contributed by atoms with E-state index in [0.29, 0.717) is 12.5 Å². The summed E-state index contributed by atoms with van der Waals surface area (Å²) in [5.41, 5.74) is 0. The summed E-state index contributed by atoms with van der Waals surface area (Å²) in [5.74, 6) is 3.19. The van der Waals surface area contributed by atoms with Crippen molar-refractivity contribution >= 4 is 5.91 Å². The summed E-state index contributed by atoms with van der Waals surface area (Å²) >= 11 is 0. The monoisotopic (exact) mass is 306 g/mol. The highest BCUT2D eigenvalue weighted by Gasteiger charge is 2.29. The Morgan fingerprint density at radius 3 is 2.68 bits per heavy atom. The van der Waals surface area contributed by atoms with Gasteiger partial charge in [0.05, 0.1) is 12.6 Å². The zero-order valence-electron chi connectivity index (χ0n) is 13.9. The summed E-state index contributed by atoms with van der Waals surface area (Å²) in [6.07, 6.45) is 12.0. The van der Waals surface area contributed by atoms with Gasteiger partial charge in [0, 0.05) is 25.6 Å². The Morgan fingerprint density at radius 2 is 2.09 bits per heavy atom. The van der Waals surface area contributed by atoms with Gasteiger partial charge in [0.15, 0.2) is 0 Å². The molecule has 2 rings (SSSR count). The lowest BCUT2D eigenvalue weighted by molar-refractivity contribution is -0.139. The third-order valence-electron chi connectivity index (χ3n) is 4.75. The SMILES string of the molecule is C#CCN1CCC(C(=O)N(CCC)CC2CCCCO2)CC1. The molecule has 0 spiro atoms. The van der Waals surface area contributed by atoms with Crippen LogP contribution in [0.15, 0.2) is 0 Å². The normalized spacial score (nSPS) is 23.9. The third kappa shape index (κ3) is 5.00. The molecule has 1 atom stereocenters. The van der Waals surface area contributed by atoms with Crippen LogP contribution >= 0.6 is 0 Å². The number of carbonyl (C=O) groups is 1. The Labute approximate surface area is 135 Å². The lowest BCUT2D eigenvalue weighted by atomic mass is 9.94. The number of terminal acetylenes is 1. The zero-order chi connectivity index (χ0) is 15.8. The number of hydrogen-bond donors (Lipinski definition) is 0. The van der Waals surface area contributed by atoms with E-state index in [1.54, 1.807) is 0 Å². The van der Waals surface area contributed by atoms with Crippen molar-refractivity contribution in [1.29, 1.82) is 0 Å². The van der Waals surface area contributed by atoms with Crippen LogP contribution < -0.4 is 0 Å². The zero-order valence-corrected chi connectivity index (χ0v) is 13.9. The molecule has 22 heavy (non-hydrogen) atoms. The molecule has 0 saturated carbocycles. The average molecular weight is 306 g/mol. The van der Waals surface area contributed by atoms with Gasteiger partial charge in [-0.2, -0.15) is 0 Å². The quantitative estimate of drug-likeness (QED) is 0.705. The standard InChI is InChI=1S/C18H30N2O2/c1-3-10-19-12-8-16(9-13-19)18(21)20(11-4-2)15-17-7-5-6-14-22-17/h1,16-17H,4-15H2,2H3. The maximum atomic E-state index is 12.8. The first-order valence-electron chi connectivity index (χ1n) is 8.80. The lowest BCUT2D eigenvalue weighted by Crippen LogP contribution is -2.46. The van der Waals surface area contributed by atoms with E-state index in [0.717, 1.165) is 64.9 Å². The predicted molar refractivity (Wildman–Crippen MR) is 88.5 cm³/mol. The molecule has 2 saturated heterocycles. The smallest absolute Gasteiger partial charge is 0.225 e. The van der Waals surface area contributed by atoms with Gasteiger partial charge in [-0.05, 0) is 51.6 Å². The molecule has 0 bridgehead atoms. The second-order valence-electron chi connectivity index (χ2n) is 6.53. The van der Waals surface area contributed by atoms with Crippen molar-refractivity contribution in [1.82, 2.24) is 9.80 Å². The Morgan fingerprint density at radius 1 is 1.32 bits per heavy atom. The molecule has 1 amide bonds. The summed E-state index contributed by atoms with van der Waals surface area (Å²) in [7, 11) is 0. The molecule has 1 unspecified atom stereocenters. The molecule has 2 aliphatic rings. The van der Waals surface area contributed by atoms with E-state index >= 15 is 0 Å². The van der Waals surface area contributed by atoms with E-state index < -0.39 is 0 Å². The van der Waals surface area contributed by atoms with Gasteiger partial charge in [-0.1, -0.05) is 12.8 Å². The van der Waals surface area contributed by atoms with Gasteiger partial charge in [0.25, 0.3) is 0 Å². The average Bonchev–Trinajstić information content (AvgIpc) is 2.56. The third-order valence-corrected chi connectivity index (χ3v) is 4.75. The molecule has 4 heteroatoms. The minimum absolute atomic E-state index is 0.171. The van der Waals surface area contributed by atoms with E-state index in [1.807, 2.05) is 0 Å². The predicted octanol–water partition coefficient (Wildman–Crippen LogP) is 2.14. The lowest BCUT2D eigenvalue weighted by Gasteiger charge is -2.35. The van der Waals surface area contributed by atoms with Crippen LogP contribution in [0.2, 0.25) is 0 Å². The topological polar surface area (TPSA) is 32.8 Å². The molecule has 124 valence electrons. The van der Waals surface area contributed by atoms with Crippen LogP contribution in [0, 0.1) is 18.3 Å². The Balaban J connectivity index is 1.85. The van der Waals surface area contributed by atoms with Gasteiger partial charge < -0.3 is 9.64 Å². The minimum atomic E-state index is 0.171. The Hall–Kier alpha value is -1.05. The second kappa shape index (κ2) is 9.17. The maximum absolute atomic E-state index is 12.8. The highest BCUT2D eigenvalue weighted by atomic mass is 16.5. The van der Waals surface area contributed by atoms with Crippen molar-refractivity contribution in [2.45, 2.75) is 51.6 Å². The fraction of sp³-hybridized carbons (Fsp3) is 0.833. The van der Waals surface area contributed by atoms with Gasteiger partial charge in [-0.15, -0.1) is 6.42 Å². The van der Waals surface area contributed by atoms with Crippen LogP contribution in [0.5, 0.6) is 0 Å². The molecule has 2 heterocycles. The minimum Gasteiger partial charge on any atom is -0.376 e. The molecule has 4 nitrogen and oxygen atoms in total. The number of carbonyl (C=O) groups excluding carboxylic acids is 1. The van der Waals surface area contributed by atoms with Crippen LogP contribution in [0.4, 0.5) is 0 Å². The van der Waals surface area contributed by atoms with Crippen molar-refractivity contribution < 1.29 is 9.53 Å². The van der Waals surface area contributed by atoms with Crippen molar-refractivity contribution in [3.8, 4) is 12.3 Å². The highest BCUT2D eigenvalue weighted by molar-refractivity contribution is 5.79. The molecule has 0 N–H and O–H groups in total. The van der Waals surface area contributed by atoms with Gasteiger partial charge in [0.1, 0.15) is 0 Å². The first-order valence-corrected chi connectivity index (χ1v) is 8.80. The van der Waals surface area contributed by atoms with Crippen LogP contribution in [-0.2, 0) is 9.53 Å². The fourth-order valence-electron chi connectivity index (χ4n) is 3.48. The molecule has 0 aromatic carbocycles. The van der Waals surface area contributed by atoms with E-state index in [2.05, 4.69) is 22.6 Å². The van der Waals surface area contributed by atoms with Gasteiger partial charge >= 0.3 is 0 Å². The number of piperidine rings is 1. The molecule has 2 fully saturated rings. The summed E-state index contributed by atoms with van der Waals surface area (Å²) < 4.78 is 5.82. The first kappa shape index (κ1) is 17.3. The number of likely N-dealkylation sites (tertiary alicyclic amines) is 1.